The average molecular weight is 398 g/mol. The number of hydrogen-bond acceptors (Lipinski definition) is 3. The molecular formula is C23H27FN2O3. The van der Waals surface area contributed by atoms with Crippen LogP contribution < -0.4 is 15.4 Å². The van der Waals surface area contributed by atoms with Crippen molar-refractivity contribution < 1.29 is 18.7 Å². The second kappa shape index (κ2) is 10.6. The van der Waals surface area contributed by atoms with Crippen LogP contribution in [-0.4, -0.2) is 24.5 Å². The molecule has 154 valence electrons. The van der Waals surface area contributed by atoms with Crippen molar-refractivity contribution in [2.75, 3.05) is 11.9 Å². The summed E-state index contributed by atoms with van der Waals surface area (Å²) in [5.74, 6) is -0.870. The molecule has 0 unspecified atom stereocenters. The Morgan fingerprint density at radius 1 is 0.931 bits per heavy atom. The van der Waals surface area contributed by atoms with Crippen LogP contribution in [0.1, 0.15) is 55.3 Å². The third-order valence-electron chi connectivity index (χ3n) is 5.08. The normalized spacial score (nSPS) is 15.1. The van der Waals surface area contributed by atoms with Gasteiger partial charge in [-0.25, -0.2) is 4.39 Å². The monoisotopic (exact) mass is 398 g/mol. The molecule has 3 rings (SSSR count). The minimum atomic E-state index is -0.514. The number of rotatable bonds is 6. The van der Waals surface area contributed by atoms with Gasteiger partial charge in [-0.15, -0.1) is 0 Å². The molecule has 0 bridgehead atoms. The van der Waals surface area contributed by atoms with Crippen LogP contribution in [0.3, 0.4) is 0 Å². The van der Waals surface area contributed by atoms with Crippen molar-refractivity contribution >= 4 is 17.5 Å². The zero-order chi connectivity index (χ0) is 20.5. The number of benzene rings is 2. The Hall–Kier alpha value is -2.89. The highest BCUT2D eigenvalue weighted by Crippen LogP contribution is 2.21. The number of carbonyl (C=O) groups is 2. The van der Waals surface area contributed by atoms with Gasteiger partial charge in [0.25, 0.3) is 11.8 Å². The molecule has 2 aromatic rings. The fourth-order valence-corrected chi connectivity index (χ4v) is 3.54. The molecule has 0 spiro atoms. The molecule has 0 aromatic heterocycles. The Kier molecular flexibility index (Phi) is 7.61. The summed E-state index contributed by atoms with van der Waals surface area (Å²) in [6.45, 7) is -0.317. The molecule has 2 aromatic carbocycles. The van der Waals surface area contributed by atoms with Crippen molar-refractivity contribution in [3.8, 4) is 5.75 Å². The Labute approximate surface area is 170 Å². The molecule has 0 saturated heterocycles. The van der Waals surface area contributed by atoms with E-state index in [0.717, 1.165) is 25.7 Å². The van der Waals surface area contributed by atoms with E-state index < -0.39 is 11.7 Å². The van der Waals surface area contributed by atoms with Crippen LogP contribution in [0.2, 0.25) is 0 Å². The average Bonchev–Trinajstić information content (AvgIpc) is 2.70. The quantitative estimate of drug-likeness (QED) is 0.742. The number of para-hydroxylation sites is 2. The van der Waals surface area contributed by atoms with Gasteiger partial charge in [0.05, 0.1) is 11.3 Å². The summed E-state index contributed by atoms with van der Waals surface area (Å²) < 4.78 is 19.2. The summed E-state index contributed by atoms with van der Waals surface area (Å²) in [5.41, 5.74) is 0.490. The predicted octanol–water partition coefficient (Wildman–Crippen LogP) is 4.69. The number of nitrogens with one attached hydrogen (secondary N) is 2. The van der Waals surface area contributed by atoms with E-state index in [1.807, 2.05) is 0 Å². The first-order valence-corrected chi connectivity index (χ1v) is 10.2. The van der Waals surface area contributed by atoms with E-state index in [0.29, 0.717) is 11.3 Å². The van der Waals surface area contributed by atoms with E-state index in [1.54, 1.807) is 36.4 Å². The molecule has 1 fully saturated rings. The van der Waals surface area contributed by atoms with Gasteiger partial charge in [0.1, 0.15) is 11.6 Å². The van der Waals surface area contributed by atoms with E-state index in [4.69, 9.17) is 4.74 Å². The number of carbonyl (C=O) groups excluding carboxylic acids is 2. The van der Waals surface area contributed by atoms with Gasteiger partial charge in [0, 0.05) is 6.04 Å². The Balaban J connectivity index is 1.58. The highest BCUT2D eigenvalue weighted by Gasteiger charge is 2.18. The molecule has 1 aliphatic rings. The smallest absolute Gasteiger partial charge is 0.262 e. The maximum atomic E-state index is 13.7. The van der Waals surface area contributed by atoms with E-state index in [-0.39, 0.29) is 24.2 Å². The Bertz CT molecular complexity index is 832. The predicted molar refractivity (Wildman–Crippen MR) is 111 cm³/mol. The molecule has 29 heavy (non-hydrogen) atoms. The lowest BCUT2D eigenvalue weighted by Crippen LogP contribution is -2.35. The van der Waals surface area contributed by atoms with Crippen LogP contribution >= 0.6 is 0 Å². The third-order valence-corrected chi connectivity index (χ3v) is 5.08. The Morgan fingerprint density at radius 3 is 2.34 bits per heavy atom. The van der Waals surface area contributed by atoms with Gasteiger partial charge in [-0.1, -0.05) is 56.4 Å². The van der Waals surface area contributed by atoms with Crippen molar-refractivity contribution in [2.45, 2.75) is 51.0 Å². The summed E-state index contributed by atoms with van der Waals surface area (Å²) in [5, 5.41) is 5.58. The van der Waals surface area contributed by atoms with E-state index in [2.05, 4.69) is 10.6 Å². The minimum absolute atomic E-state index is 0.0939. The summed E-state index contributed by atoms with van der Waals surface area (Å²) >= 11 is 0. The van der Waals surface area contributed by atoms with Gasteiger partial charge in [0.15, 0.2) is 6.61 Å². The maximum absolute atomic E-state index is 13.7. The summed E-state index contributed by atoms with van der Waals surface area (Å²) in [7, 11) is 0. The molecular weight excluding hydrogens is 371 g/mol. The zero-order valence-electron chi connectivity index (χ0n) is 16.5. The van der Waals surface area contributed by atoms with Crippen molar-refractivity contribution in [2.24, 2.45) is 0 Å². The second-order valence-corrected chi connectivity index (χ2v) is 7.33. The molecule has 0 atom stereocenters. The van der Waals surface area contributed by atoms with Crippen molar-refractivity contribution in [3.05, 3.63) is 59.9 Å². The van der Waals surface area contributed by atoms with E-state index >= 15 is 0 Å². The maximum Gasteiger partial charge on any atom is 0.262 e. The zero-order valence-corrected chi connectivity index (χ0v) is 16.5. The number of anilines is 1. The topological polar surface area (TPSA) is 67.4 Å². The van der Waals surface area contributed by atoms with Gasteiger partial charge in [-0.05, 0) is 37.1 Å². The lowest BCUT2D eigenvalue weighted by Gasteiger charge is -2.21. The van der Waals surface area contributed by atoms with Gasteiger partial charge >= 0.3 is 0 Å². The number of amides is 2. The lowest BCUT2D eigenvalue weighted by atomic mass is 9.96. The molecule has 1 aliphatic carbocycles. The number of halogens is 1. The van der Waals surface area contributed by atoms with E-state index in [9.17, 15) is 14.0 Å². The first kappa shape index (κ1) is 20.8. The van der Waals surface area contributed by atoms with Gasteiger partial charge < -0.3 is 15.4 Å². The molecule has 1 saturated carbocycles. The number of ether oxygens (including phenoxy) is 1. The van der Waals surface area contributed by atoms with Gasteiger partial charge in [-0.3, -0.25) is 9.59 Å². The van der Waals surface area contributed by atoms with Crippen molar-refractivity contribution in [1.82, 2.24) is 5.32 Å². The fourth-order valence-electron chi connectivity index (χ4n) is 3.54. The standard InChI is InChI=1S/C23H27FN2O3/c24-19-13-7-8-14-20(19)26-22(27)16-29-21-15-9-6-12-18(21)23(28)25-17-10-4-2-1-3-5-11-17/h6-9,12-15,17H,1-5,10-11,16H2,(H,25,28)(H,26,27). The minimum Gasteiger partial charge on any atom is -0.483 e. The lowest BCUT2D eigenvalue weighted by molar-refractivity contribution is -0.118. The molecule has 6 heteroatoms. The van der Waals surface area contributed by atoms with Crippen LogP contribution in [0.15, 0.2) is 48.5 Å². The molecule has 0 heterocycles. The molecule has 2 amide bonds. The molecule has 2 N–H and O–H groups in total. The van der Waals surface area contributed by atoms with Crippen LogP contribution in [0.4, 0.5) is 10.1 Å². The van der Waals surface area contributed by atoms with Crippen LogP contribution in [-0.2, 0) is 4.79 Å². The first-order valence-electron chi connectivity index (χ1n) is 10.2. The first-order chi connectivity index (χ1) is 14.1. The SMILES string of the molecule is O=C(COc1ccccc1C(=O)NC1CCCCCCC1)Nc1ccccc1F. The van der Waals surface area contributed by atoms with Gasteiger partial charge in [0.2, 0.25) is 0 Å². The van der Waals surface area contributed by atoms with Crippen LogP contribution in [0.5, 0.6) is 5.75 Å². The van der Waals surface area contributed by atoms with E-state index in [1.165, 1.54) is 31.4 Å². The number of hydrogen-bond donors (Lipinski definition) is 2. The largest absolute Gasteiger partial charge is 0.483 e. The molecule has 0 aliphatic heterocycles. The van der Waals surface area contributed by atoms with Gasteiger partial charge in [-0.2, -0.15) is 0 Å². The molecule has 5 nitrogen and oxygen atoms in total. The highest BCUT2D eigenvalue weighted by atomic mass is 19.1. The van der Waals surface area contributed by atoms with Crippen molar-refractivity contribution in [1.29, 1.82) is 0 Å². The Morgan fingerprint density at radius 2 is 1.59 bits per heavy atom. The second-order valence-electron chi connectivity index (χ2n) is 7.33. The van der Waals surface area contributed by atoms with Crippen LogP contribution in [0, 0.1) is 5.82 Å². The third kappa shape index (κ3) is 6.31. The molecule has 0 radical (unpaired) electrons. The summed E-state index contributed by atoms with van der Waals surface area (Å²) in [6.07, 6.45) is 7.91. The summed E-state index contributed by atoms with van der Waals surface area (Å²) in [4.78, 5) is 24.9. The van der Waals surface area contributed by atoms with Crippen molar-refractivity contribution in [3.63, 3.8) is 0 Å². The summed E-state index contributed by atoms with van der Waals surface area (Å²) in [6, 6.07) is 12.9. The fraction of sp³-hybridized carbons (Fsp3) is 0.391. The highest BCUT2D eigenvalue weighted by molar-refractivity contribution is 5.97. The van der Waals surface area contributed by atoms with Crippen LogP contribution in [0.25, 0.3) is 0 Å².